The number of nitrogens with zero attached hydrogens (tertiary/aromatic N) is 5. The number of hydrogen-bond acceptors (Lipinski definition) is 7. The Labute approximate surface area is 188 Å². The van der Waals surface area contributed by atoms with E-state index >= 15 is 0 Å². The minimum Gasteiger partial charge on any atom is -0.385 e. The summed E-state index contributed by atoms with van der Waals surface area (Å²) in [5.74, 6) is 0.266. The molecule has 3 heterocycles. The van der Waals surface area contributed by atoms with E-state index in [4.69, 9.17) is 0 Å². The number of carbonyl (C=O) groups excluding carboxylic acids is 1. The molecule has 0 spiro atoms. The maximum absolute atomic E-state index is 13.2. The number of aromatic nitrogens is 4. The van der Waals surface area contributed by atoms with Gasteiger partial charge in [-0.05, 0) is 25.1 Å². The third kappa shape index (κ3) is 4.38. The summed E-state index contributed by atoms with van der Waals surface area (Å²) < 4.78 is 16.0. The SMILES string of the molecule is C=C/C=N\C(=C/C)n1cccc(Nc2cc(NC)c3ncc(C(=O)NC4CC4F)n3n2)c1=O. The molecule has 0 aliphatic heterocycles. The van der Waals surface area contributed by atoms with E-state index in [2.05, 4.69) is 37.6 Å². The van der Waals surface area contributed by atoms with Crippen molar-refractivity contribution in [3.05, 3.63) is 65.4 Å². The molecule has 33 heavy (non-hydrogen) atoms. The van der Waals surface area contributed by atoms with Crippen molar-refractivity contribution in [2.75, 3.05) is 17.7 Å². The van der Waals surface area contributed by atoms with Crippen LogP contribution in [0.4, 0.5) is 21.6 Å². The van der Waals surface area contributed by atoms with Crippen LogP contribution in [0.3, 0.4) is 0 Å². The van der Waals surface area contributed by atoms with Gasteiger partial charge in [-0.15, -0.1) is 5.10 Å². The molecule has 1 aliphatic carbocycles. The Morgan fingerprint density at radius 3 is 2.85 bits per heavy atom. The van der Waals surface area contributed by atoms with Crippen molar-refractivity contribution in [3.8, 4) is 0 Å². The van der Waals surface area contributed by atoms with Crippen LogP contribution >= 0.6 is 0 Å². The number of halogens is 1. The number of aliphatic imine (C=N–C) groups is 1. The molecule has 11 heteroatoms. The van der Waals surface area contributed by atoms with E-state index in [1.165, 1.54) is 27.6 Å². The lowest BCUT2D eigenvalue weighted by atomic mass is 10.3. The summed E-state index contributed by atoms with van der Waals surface area (Å²) in [6, 6.07) is 4.50. The molecule has 1 saturated carbocycles. The number of anilines is 3. The molecule has 0 aromatic carbocycles. The average molecular weight is 450 g/mol. The molecule has 170 valence electrons. The fourth-order valence-corrected chi connectivity index (χ4v) is 3.24. The van der Waals surface area contributed by atoms with Crippen LogP contribution in [0.2, 0.25) is 0 Å². The van der Waals surface area contributed by atoms with Crippen molar-refractivity contribution in [2.45, 2.75) is 25.6 Å². The van der Waals surface area contributed by atoms with Gasteiger partial charge in [0.2, 0.25) is 0 Å². The number of nitrogens with one attached hydrogen (secondary N) is 3. The third-order valence-corrected chi connectivity index (χ3v) is 5.03. The molecule has 3 aromatic heterocycles. The summed E-state index contributed by atoms with van der Waals surface area (Å²) in [4.78, 5) is 34.1. The summed E-state index contributed by atoms with van der Waals surface area (Å²) in [5, 5.41) is 13.1. The lowest BCUT2D eigenvalue weighted by molar-refractivity contribution is 0.0940. The van der Waals surface area contributed by atoms with Crippen LogP contribution in [-0.2, 0) is 0 Å². The van der Waals surface area contributed by atoms with Crippen LogP contribution in [-0.4, -0.2) is 50.5 Å². The highest BCUT2D eigenvalue weighted by atomic mass is 19.1. The van der Waals surface area contributed by atoms with Crippen molar-refractivity contribution in [1.82, 2.24) is 24.5 Å². The smallest absolute Gasteiger partial charge is 0.279 e. The minimum absolute atomic E-state index is 0.157. The Kier molecular flexibility index (Phi) is 6.03. The Morgan fingerprint density at radius 2 is 2.18 bits per heavy atom. The molecule has 10 nitrogen and oxygen atoms in total. The summed E-state index contributed by atoms with van der Waals surface area (Å²) >= 11 is 0. The number of carbonyl (C=O) groups is 1. The molecule has 2 unspecified atom stereocenters. The van der Waals surface area contributed by atoms with Gasteiger partial charge in [0, 0.05) is 31.9 Å². The summed E-state index contributed by atoms with van der Waals surface area (Å²) in [6.45, 7) is 5.36. The van der Waals surface area contributed by atoms with E-state index < -0.39 is 18.1 Å². The van der Waals surface area contributed by atoms with E-state index in [0.717, 1.165) is 0 Å². The van der Waals surface area contributed by atoms with Gasteiger partial charge in [0.25, 0.3) is 11.5 Å². The van der Waals surface area contributed by atoms with E-state index in [-0.39, 0.29) is 16.9 Å². The monoisotopic (exact) mass is 450 g/mol. The predicted octanol–water partition coefficient (Wildman–Crippen LogP) is 2.59. The molecule has 2 atom stereocenters. The Morgan fingerprint density at radius 1 is 1.39 bits per heavy atom. The molecular formula is C22H23FN8O2. The maximum Gasteiger partial charge on any atom is 0.279 e. The highest BCUT2D eigenvalue weighted by Crippen LogP contribution is 2.26. The molecule has 3 aromatic rings. The summed E-state index contributed by atoms with van der Waals surface area (Å²) in [5.41, 5.74) is 1.07. The second-order valence-corrected chi connectivity index (χ2v) is 7.29. The van der Waals surface area contributed by atoms with Gasteiger partial charge in [-0.1, -0.05) is 12.7 Å². The van der Waals surface area contributed by atoms with Crippen LogP contribution < -0.4 is 21.5 Å². The van der Waals surface area contributed by atoms with Crippen molar-refractivity contribution < 1.29 is 9.18 Å². The number of allylic oxidation sites excluding steroid dienone is 2. The molecule has 4 rings (SSSR count). The zero-order valence-corrected chi connectivity index (χ0v) is 18.1. The van der Waals surface area contributed by atoms with Crippen LogP contribution in [0.25, 0.3) is 11.5 Å². The van der Waals surface area contributed by atoms with Crippen LogP contribution in [0.1, 0.15) is 23.8 Å². The number of imidazole rings is 1. The highest BCUT2D eigenvalue weighted by molar-refractivity contribution is 5.94. The molecule has 1 aliphatic rings. The molecule has 1 fully saturated rings. The fraction of sp³-hybridized carbons (Fsp3) is 0.227. The van der Waals surface area contributed by atoms with Crippen molar-refractivity contribution >= 4 is 40.8 Å². The molecule has 3 N–H and O–H groups in total. The van der Waals surface area contributed by atoms with Crippen molar-refractivity contribution in [1.29, 1.82) is 0 Å². The molecule has 1 amide bonds. The number of fused-ring (bicyclic) bond motifs is 1. The van der Waals surface area contributed by atoms with Crippen molar-refractivity contribution in [3.63, 3.8) is 0 Å². The number of hydrogen-bond donors (Lipinski definition) is 3. The second-order valence-electron chi connectivity index (χ2n) is 7.29. The van der Waals surface area contributed by atoms with Crippen LogP contribution in [0, 0.1) is 0 Å². The molecule has 0 saturated heterocycles. The zero-order chi connectivity index (χ0) is 23.5. The number of amides is 1. The van der Waals surface area contributed by atoms with E-state index in [9.17, 15) is 14.0 Å². The summed E-state index contributed by atoms with van der Waals surface area (Å²) in [6.07, 6.45) is 6.98. The van der Waals surface area contributed by atoms with E-state index in [1.54, 1.807) is 44.4 Å². The van der Waals surface area contributed by atoms with Gasteiger partial charge in [-0.25, -0.2) is 18.9 Å². The number of rotatable bonds is 8. The van der Waals surface area contributed by atoms with Gasteiger partial charge in [-0.3, -0.25) is 14.2 Å². The topological polar surface area (TPSA) is 118 Å². The Hall–Kier alpha value is -4.28. The first kappa shape index (κ1) is 21.9. The van der Waals surface area contributed by atoms with Crippen LogP contribution in [0.5, 0.6) is 0 Å². The standard InChI is InChI=1S/C22H23FN8O2/c1-4-8-25-19(5-2)30-9-6-7-14(22(30)33)27-18-11-16(24-3)20-26-12-17(31(20)29-18)21(32)28-15-10-13(15)23/h4-9,11-13,15,24H,1,10H2,2-3H3,(H,27,29)(H,28,32)/b19-5+,25-8-. The predicted molar refractivity (Wildman–Crippen MR) is 126 cm³/mol. The lowest BCUT2D eigenvalue weighted by Gasteiger charge is -2.12. The van der Waals surface area contributed by atoms with Gasteiger partial charge in [0.1, 0.15) is 17.7 Å². The number of pyridine rings is 1. The first-order chi connectivity index (χ1) is 16.0. The molecular weight excluding hydrogens is 427 g/mol. The van der Waals surface area contributed by atoms with Gasteiger partial charge < -0.3 is 16.0 Å². The average Bonchev–Trinajstić information content (AvgIpc) is 3.32. The van der Waals surface area contributed by atoms with Crippen molar-refractivity contribution in [2.24, 2.45) is 4.99 Å². The maximum atomic E-state index is 13.2. The van der Waals surface area contributed by atoms with Gasteiger partial charge in [-0.2, -0.15) is 0 Å². The van der Waals surface area contributed by atoms with Gasteiger partial charge in [0.05, 0.1) is 17.9 Å². The normalized spacial score (nSPS) is 17.8. The zero-order valence-electron chi connectivity index (χ0n) is 18.1. The molecule has 0 radical (unpaired) electrons. The third-order valence-electron chi connectivity index (χ3n) is 5.03. The molecule has 0 bridgehead atoms. The number of alkyl halides is 1. The first-order valence-corrected chi connectivity index (χ1v) is 10.3. The highest BCUT2D eigenvalue weighted by Gasteiger charge is 2.39. The minimum atomic E-state index is -1.02. The summed E-state index contributed by atoms with van der Waals surface area (Å²) in [7, 11) is 1.71. The fourth-order valence-electron chi connectivity index (χ4n) is 3.24. The quantitative estimate of drug-likeness (QED) is 0.454. The van der Waals surface area contributed by atoms with Gasteiger partial charge in [0.15, 0.2) is 17.2 Å². The second kappa shape index (κ2) is 9.07. The Bertz CT molecular complexity index is 1340. The largest absolute Gasteiger partial charge is 0.385 e. The van der Waals surface area contributed by atoms with Gasteiger partial charge >= 0.3 is 0 Å². The van der Waals surface area contributed by atoms with E-state index in [0.29, 0.717) is 29.4 Å². The Balaban J connectivity index is 1.70. The van der Waals surface area contributed by atoms with E-state index in [1.807, 2.05) is 0 Å². The lowest BCUT2D eigenvalue weighted by Crippen LogP contribution is -2.28. The van der Waals surface area contributed by atoms with Crippen LogP contribution in [0.15, 0.2) is 59.1 Å². The first-order valence-electron chi connectivity index (χ1n) is 10.3.